The minimum Gasteiger partial charge on any atom is -0.431 e. The fraction of sp³-hybridized carbons (Fsp3) is 0.222. The van der Waals surface area contributed by atoms with Crippen molar-refractivity contribution in [2.75, 3.05) is 0 Å². The molecule has 0 unspecified atom stereocenters. The van der Waals surface area contributed by atoms with Crippen molar-refractivity contribution in [3.8, 4) is 11.5 Å². The highest BCUT2D eigenvalue weighted by Gasteiger charge is 2.35. The molecule has 1 rings (SSSR count). The molecule has 0 bridgehead atoms. The number of benzene rings is 1. The Labute approximate surface area is 102 Å². The first kappa shape index (κ1) is 14.5. The van der Waals surface area contributed by atoms with Gasteiger partial charge in [0, 0.05) is 0 Å². The van der Waals surface area contributed by atoms with Crippen LogP contribution in [0.1, 0.15) is 10.4 Å². The monoisotopic (exact) mass is 290 g/mol. The first-order valence-electron chi connectivity index (χ1n) is 4.24. The molecule has 0 N–H and O–H groups in total. The van der Waals surface area contributed by atoms with Gasteiger partial charge < -0.3 is 9.47 Å². The lowest BCUT2D eigenvalue weighted by Crippen LogP contribution is -2.19. The molecular weight excluding hydrogens is 287 g/mol. The Morgan fingerprint density at radius 1 is 1.28 bits per heavy atom. The molecule has 0 radical (unpaired) electrons. The summed E-state index contributed by atoms with van der Waals surface area (Å²) < 4.78 is 67.5. The number of hydrogen-bond donors (Lipinski definition) is 0. The fourth-order valence-corrected chi connectivity index (χ4v) is 1.23. The van der Waals surface area contributed by atoms with Crippen LogP contribution in [-0.2, 0) is 0 Å². The molecule has 0 saturated carbocycles. The van der Waals surface area contributed by atoms with Crippen molar-refractivity contribution in [2.45, 2.75) is 13.0 Å². The molecule has 0 fully saturated rings. The van der Waals surface area contributed by atoms with Gasteiger partial charge in [-0.15, -0.1) is 13.2 Å². The highest BCUT2D eigenvalue weighted by Crippen LogP contribution is 2.37. The third kappa shape index (κ3) is 4.02. The van der Waals surface area contributed by atoms with Crippen LogP contribution in [-0.4, -0.2) is 18.2 Å². The Morgan fingerprint density at radius 3 is 2.33 bits per heavy atom. The van der Waals surface area contributed by atoms with Gasteiger partial charge in [0.15, 0.2) is 11.5 Å². The van der Waals surface area contributed by atoms with E-state index in [0.29, 0.717) is 0 Å². The Morgan fingerprint density at radius 2 is 1.89 bits per heavy atom. The summed E-state index contributed by atoms with van der Waals surface area (Å²) in [5.74, 6) is -2.14. The highest BCUT2D eigenvalue weighted by atomic mass is 35.5. The van der Waals surface area contributed by atoms with Crippen LogP contribution in [0.15, 0.2) is 18.2 Å². The summed E-state index contributed by atoms with van der Waals surface area (Å²) >= 11 is 5.02. The van der Waals surface area contributed by atoms with Crippen LogP contribution in [0.2, 0.25) is 0 Å². The highest BCUT2D eigenvalue weighted by molar-refractivity contribution is 6.68. The van der Waals surface area contributed by atoms with Gasteiger partial charge in [0.25, 0.3) is 5.24 Å². The van der Waals surface area contributed by atoms with Gasteiger partial charge in [-0.2, -0.15) is 8.78 Å². The fourth-order valence-electron chi connectivity index (χ4n) is 1.08. The molecule has 0 aliphatic heterocycles. The molecule has 1 aromatic carbocycles. The van der Waals surface area contributed by atoms with Gasteiger partial charge in [-0.3, -0.25) is 4.79 Å². The number of carbonyl (C=O) groups is 1. The first-order chi connectivity index (χ1) is 8.20. The number of carbonyl (C=O) groups excluding carboxylic acids is 1. The van der Waals surface area contributed by atoms with Crippen molar-refractivity contribution in [2.24, 2.45) is 0 Å². The van der Waals surface area contributed by atoms with E-state index in [-0.39, 0.29) is 0 Å². The maximum Gasteiger partial charge on any atom is 0.573 e. The summed E-state index contributed by atoms with van der Waals surface area (Å²) in [5, 5.41) is -1.30. The van der Waals surface area contributed by atoms with Gasteiger partial charge in [0.2, 0.25) is 0 Å². The summed E-state index contributed by atoms with van der Waals surface area (Å²) in [5.41, 5.74) is -0.729. The van der Waals surface area contributed by atoms with Gasteiger partial charge >= 0.3 is 13.0 Å². The molecule has 0 amide bonds. The summed E-state index contributed by atoms with van der Waals surface area (Å²) in [6.07, 6.45) is -5.18. The molecule has 0 aliphatic carbocycles. The summed E-state index contributed by atoms with van der Waals surface area (Å²) in [6.45, 7) is -3.37. The predicted molar refractivity (Wildman–Crippen MR) is 49.9 cm³/mol. The predicted octanol–water partition coefficient (Wildman–Crippen LogP) is 3.57. The maximum absolute atomic E-state index is 12.1. The van der Waals surface area contributed by atoms with Crippen molar-refractivity contribution >= 4 is 16.8 Å². The van der Waals surface area contributed by atoms with Crippen molar-refractivity contribution in [1.29, 1.82) is 0 Å². The van der Waals surface area contributed by atoms with Gasteiger partial charge in [0.1, 0.15) is 0 Å². The van der Waals surface area contributed by atoms with Crippen molar-refractivity contribution in [3.63, 3.8) is 0 Å². The summed E-state index contributed by atoms with van der Waals surface area (Å²) in [7, 11) is 0. The number of alkyl halides is 5. The molecule has 0 aromatic heterocycles. The minimum absolute atomic E-state index is 0.729. The zero-order chi connectivity index (χ0) is 13.9. The SMILES string of the molecule is O=C(Cl)c1cccc(OC(F)F)c1OC(F)(F)F. The normalized spacial score (nSPS) is 11.5. The van der Waals surface area contributed by atoms with E-state index in [2.05, 4.69) is 9.47 Å². The molecule has 0 atom stereocenters. The molecule has 0 spiro atoms. The summed E-state index contributed by atoms with van der Waals surface area (Å²) in [4.78, 5) is 10.9. The second kappa shape index (κ2) is 5.38. The molecule has 3 nitrogen and oxygen atoms in total. The van der Waals surface area contributed by atoms with Crippen LogP contribution in [0, 0.1) is 0 Å². The number of rotatable bonds is 4. The van der Waals surface area contributed by atoms with Crippen LogP contribution in [0.5, 0.6) is 11.5 Å². The van der Waals surface area contributed by atoms with E-state index in [0.717, 1.165) is 18.2 Å². The largest absolute Gasteiger partial charge is 0.573 e. The van der Waals surface area contributed by atoms with E-state index in [1.165, 1.54) is 0 Å². The van der Waals surface area contributed by atoms with Gasteiger partial charge in [-0.05, 0) is 23.7 Å². The van der Waals surface area contributed by atoms with Crippen LogP contribution in [0.3, 0.4) is 0 Å². The molecule has 9 heteroatoms. The Kier molecular flexibility index (Phi) is 4.33. The topological polar surface area (TPSA) is 35.5 Å². The first-order valence-corrected chi connectivity index (χ1v) is 4.62. The Hall–Kier alpha value is -1.57. The number of para-hydroxylation sites is 1. The van der Waals surface area contributed by atoms with Crippen LogP contribution < -0.4 is 9.47 Å². The Balaban J connectivity index is 3.25. The second-order valence-electron chi connectivity index (χ2n) is 2.83. The summed E-state index contributed by atoms with van der Waals surface area (Å²) in [6, 6.07) is 2.70. The smallest absolute Gasteiger partial charge is 0.431 e. The lowest BCUT2D eigenvalue weighted by Gasteiger charge is -2.15. The molecule has 0 aliphatic rings. The van der Waals surface area contributed by atoms with Crippen LogP contribution in [0.25, 0.3) is 0 Å². The minimum atomic E-state index is -5.18. The van der Waals surface area contributed by atoms with Crippen molar-refractivity contribution in [3.05, 3.63) is 23.8 Å². The van der Waals surface area contributed by atoms with E-state index in [1.807, 2.05) is 0 Å². The van der Waals surface area contributed by atoms with E-state index in [9.17, 15) is 26.7 Å². The zero-order valence-electron chi connectivity index (χ0n) is 8.30. The second-order valence-corrected chi connectivity index (χ2v) is 3.18. The van der Waals surface area contributed by atoms with Gasteiger partial charge in [-0.25, -0.2) is 0 Å². The van der Waals surface area contributed by atoms with Crippen LogP contribution in [0.4, 0.5) is 22.0 Å². The average Bonchev–Trinajstić information content (AvgIpc) is 2.17. The zero-order valence-corrected chi connectivity index (χ0v) is 9.06. The van der Waals surface area contributed by atoms with Crippen molar-refractivity contribution < 1.29 is 36.2 Å². The van der Waals surface area contributed by atoms with Gasteiger partial charge in [0.05, 0.1) is 5.56 Å². The maximum atomic E-state index is 12.1. The van der Waals surface area contributed by atoms with Crippen LogP contribution >= 0.6 is 11.6 Å². The molecular formula is C9H4ClF5O3. The van der Waals surface area contributed by atoms with Gasteiger partial charge in [-0.1, -0.05) is 6.07 Å². The standard InChI is InChI=1S/C9H4ClF5O3/c10-7(16)4-2-1-3-5(17-8(11)12)6(4)18-9(13,14)15/h1-3,8H. The number of ether oxygens (including phenoxy) is 2. The lowest BCUT2D eigenvalue weighted by molar-refractivity contribution is -0.275. The third-order valence-corrected chi connectivity index (χ3v) is 1.83. The molecule has 18 heavy (non-hydrogen) atoms. The molecule has 0 heterocycles. The van der Waals surface area contributed by atoms with E-state index < -0.39 is 35.3 Å². The van der Waals surface area contributed by atoms with E-state index in [4.69, 9.17) is 11.6 Å². The van der Waals surface area contributed by atoms with Crippen molar-refractivity contribution in [1.82, 2.24) is 0 Å². The Bertz CT molecular complexity index is 446. The lowest BCUT2D eigenvalue weighted by atomic mass is 10.2. The number of hydrogen-bond acceptors (Lipinski definition) is 3. The molecule has 100 valence electrons. The average molecular weight is 291 g/mol. The van der Waals surface area contributed by atoms with E-state index in [1.54, 1.807) is 0 Å². The van der Waals surface area contributed by atoms with E-state index >= 15 is 0 Å². The molecule has 0 saturated heterocycles. The third-order valence-electron chi connectivity index (χ3n) is 1.62. The quantitative estimate of drug-likeness (QED) is 0.628. The molecule has 1 aromatic rings. The number of halogens is 6.